The smallest absolute Gasteiger partial charge is 0.234 e. The Morgan fingerprint density at radius 3 is 2.31 bits per heavy atom. The summed E-state index contributed by atoms with van der Waals surface area (Å²) in [4.78, 5) is 26.4. The molecule has 4 rings (SSSR count). The van der Waals surface area contributed by atoms with Gasteiger partial charge in [0.15, 0.2) is 5.82 Å². The van der Waals surface area contributed by atoms with Crippen LogP contribution < -0.4 is 24.6 Å². The molecule has 0 aliphatic carbocycles. The van der Waals surface area contributed by atoms with Crippen molar-refractivity contribution in [3.8, 4) is 11.5 Å². The number of piperazine rings is 1. The zero-order valence-electron chi connectivity index (χ0n) is 20.6. The van der Waals surface area contributed by atoms with Crippen molar-refractivity contribution in [2.24, 2.45) is 0 Å². The fraction of sp³-hybridized carbons (Fsp3) is 0.346. The lowest BCUT2D eigenvalue weighted by molar-refractivity contribution is -0.113. The Labute approximate surface area is 210 Å². The first-order chi connectivity index (χ1) is 17.0. The summed E-state index contributed by atoms with van der Waals surface area (Å²) in [6, 6.07) is 11.7. The quantitative estimate of drug-likeness (QED) is 0.469. The van der Waals surface area contributed by atoms with Crippen LogP contribution in [0.4, 0.5) is 17.2 Å². The Balaban J connectivity index is 1.37. The SMILES string of the molecule is COc1cc(NC(=O)CSc2nccnc2N2CCN(c3cccc(C)c3C)CC2)cc(OC)c1. The molecule has 0 saturated carbocycles. The van der Waals surface area contributed by atoms with Gasteiger partial charge in [-0.2, -0.15) is 0 Å². The van der Waals surface area contributed by atoms with Crippen LogP contribution in [-0.4, -0.2) is 62.0 Å². The number of nitrogens with zero attached hydrogens (tertiary/aromatic N) is 4. The summed E-state index contributed by atoms with van der Waals surface area (Å²) in [5.74, 6) is 2.14. The third kappa shape index (κ3) is 5.97. The number of aryl methyl sites for hydroxylation is 1. The zero-order chi connectivity index (χ0) is 24.8. The number of rotatable bonds is 8. The van der Waals surface area contributed by atoms with E-state index in [0.29, 0.717) is 17.2 Å². The molecule has 8 nitrogen and oxygen atoms in total. The number of anilines is 3. The molecule has 1 aliphatic heterocycles. The maximum Gasteiger partial charge on any atom is 0.234 e. The molecule has 0 unspecified atom stereocenters. The first kappa shape index (κ1) is 24.7. The summed E-state index contributed by atoms with van der Waals surface area (Å²) >= 11 is 1.39. The van der Waals surface area contributed by atoms with Gasteiger partial charge in [-0.05, 0) is 31.0 Å². The molecule has 184 valence electrons. The first-order valence-electron chi connectivity index (χ1n) is 11.5. The number of aromatic nitrogens is 2. The van der Waals surface area contributed by atoms with Gasteiger partial charge in [0.05, 0.1) is 20.0 Å². The van der Waals surface area contributed by atoms with Gasteiger partial charge < -0.3 is 24.6 Å². The minimum absolute atomic E-state index is 0.137. The van der Waals surface area contributed by atoms with Gasteiger partial charge >= 0.3 is 0 Å². The molecule has 2 heterocycles. The van der Waals surface area contributed by atoms with Gasteiger partial charge in [-0.3, -0.25) is 4.79 Å². The van der Waals surface area contributed by atoms with E-state index in [9.17, 15) is 4.79 Å². The minimum Gasteiger partial charge on any atom is -0.497 e. The van der Waals surface area contributed by atoms with Gasteiger partial charge in [-0.25, -0.2) is 9.97 Å². The molecule has 1 aromatic heterocycles. The highest BCUT2D eigenvalue weighted by Gasteiger charge is 2.22. The van der Waals surface area contributed by atoms with Crippen LogP contribution in [0, 0.1) is 13.8 Å². The molecule has 1 N–H and O–H groups in total. The van der Waals surface area contributed by atoms with Crippen LogP contribution in [0.15, 0.2) is 53.8 Å². The maximum atomic E-state index is 12.6. The van der Waals surface area contributed by atoms with Crippen molar-refractivity contribution in [1.82, 2.24) is 9.97 Å². The molecule has 1 saturated heterocycles. The second-order valence-corrected chi connectivity index (χ2v) is 9.28. The van der Waals surface area contributed by atoms with Crippen LogP contribution in [0.25, 0.3) is 0 Å². The van der Waals surface area contributed by atoms with E-state index >= 15 is 0 Å². The van der Waals surface area contributed by atoms with Crippen LogP contribution in [0.2, 0.25) is 0 Å². The van der Waals surface area contributed by atoms with Crippen molar-refractivity contribution >= 4 is 34.9 Å². The maximum absolute atomic E-state index is 12.6. The van der Waals surface area contributed by atoms with E-state index in [0.717, 1.165) is 37.0 Å². The lowest BCUT2D eigenvalue weighted by atomic mass is 10.1. The Kier molecular flexibility index (Phi) is 7.97. The summed E-state index contributed by atoms with van der Waals surface area (Å²) in [6.45, 7) is 7.83. The fourth-order valence-corrected chi connectivity index (χ4v) is 4.87. The number of thioether (sulfide) groups is 1. The second kappa shape index (κ2) is 11.3. The summed E-state index contributed by atoms with van der Waals surface area (Å²) in [7, 11) is 3.15. The molecule has 0 radical (unpaired) electrons. The fourth-order valence-electron chi connectivity index (χ4n) is 4.08. The van der Waals surface area contributed by atoms with Crippen LogP contribution in [-0.2, 0) is 4.79 Å². The first-order valence-corrected chi connectivity index (χ1v) is 12.5. The topological polar surface area (TPSA) is 79.8 Å². The molecule has 0 bridgehead atoms. The molecule has 0 atom stereocenters. The van der Waals surface area contributed by atoms with Crippen molar-refractivity contribution in [2.75, 3.05) is 61.3 Å². The normalized spacial score (nSPS) is 13.5. The van der Waals surface area contributed by atoms with Crippen LogP contribution in [0.5, 0.6) is 11.5 Å². The molecule has 2 aromatic carbocycles. The van der Waals surface area contributed by atoms with Crippen molar-refractivity contribution in [3.05, 3.63) is 59.9 Å². The molecule has 1 amide bonds. The largest absolute Gasteiger partial charge is 0.497 e. The average molecular weight is 494 g/mol. The number of ether oxygens (including phenoxy) is 2. The molecule has 3 aromatic rings. The highest BCUT2D eigenvalue weighted by Crippen LogP contribution is 2.30. The van der Waals surface area contributed by atoms with Crippen molar-refractivity contribution in [1.29, 1.82) is 0 Å². The van der Waals surface area contributed by atoms with E-state index in [1.54, 1.807) is 44.8 Å². The number of carbonyl (C=O) groups excluding carboxylic acids is 1. The Bertz CT molecular complexity index is 1160. The number of amides is 1. The predicted octanol–water partition coefficient (Wildman–Crippen LogP) is 4.17. The van der Waals surface area contributed by atoms with Crippen LogP contribution >= 0.6 is 11.8 Å². The zero-order valence-corrected chi connectivity index (χ0v) is 21.4. The second-order valence-electron chi connectivity index (χ2n) is 8.32. The van der Waals surface area contributed by atoms with Crippen LogP contribution in [0.1, 0.15) is 11.1 Å². The number of nitrogens with one attached hydrogen (secondary N) is 1. The van der Waals surface area contributed by atoms with Crippen molar-refractivity contribution in [3.63, 3.8) is 0 Å². The molecular weight excluding hydrogens is 462 g/mol. The van der Waals surface area contributed by atoms with Gasteiger partial charge in [-0.1, -0.05) is 23.9 Å². The van der Waals surface area contributed by atoms with Gasteiger partial charge in [0, 0.05) is 68.1 Å². The van der Waals surface area contributed by atoms with E-state index in [4.69, 9.17) is 9.47 Å². The summed E-state index contributed by atoms with van der Waals surface area (Å²) < 4.78 is 10.6. The highest BCUT2D eigenvalue weighted by molar-refractivity contribution is 8.00. The Morgan fingerprint density at radius 1 is 0.971 bits per heavy atom. The van der Waals surface area contributed by atoms with E-state index in [2.05, 4.69) is 57.1 Å². The van der Waals surface area contributed by atoms with E-state index in [-0.39, 0.29) is 11.7 Å². The molecule has 0 spiro atoms. The lowest BCUT2D eigenvalue weighted by Gasteiger charge is -2.37. The van der Waals surface area contributed by atoms with Gasteiger partial charge in [-0.15, -0.1) is 0 Å². The summed E-state index contributed by atoms with van der Waals surface area (Å²) in [5, 5.41) is 3.66. The van der Waals surface area contributed by atoms with Gasteiger partial charge in [0.1, 0.15) is 16.5 Å². The predicted molar refractivity (Wildman–Crippen MR) is 141 cm³/mol. The van der Waals surface area contributed by atoms with Gasteiger partial charge in [0.25, 0.3) is 0 Å². The lowest BCUT2D eigenvalue weighted by Crippen LogP contribution is -2.47. The Hall–Kier alpha value is -3.46. The third-order valence-electron chi connectivity index (χ3n) is 6.12. The number of hydrogen-bond acceptors (Lipinski definition) is 8. The number of benzene rings is 2. The van der Waals surface area contributed by atoms with Gasteiger partial charge in [0.2, 0.25) is 5.91 Å². The molecule has 1 aliphatic rings. The molecule has 9 heteroatoms. The van der Waals surface area contributed by atoms with Crippen molar-refractivity contribution in [2.45, 2.75) is 18.9 Å². The molecule has 1 fully saturated rings. The Morgan fingerprint density at radius 2 is 1.63 bits per heavy atom. The monoisotopic (exact) mass is 493 g/mol. The highest BCUT2D eigenvalue weighted by atomic mass is 32.2. The van der Waals surface area contributed by atoms with Crippen molar-refractivity contribution < 1.29 is 14.3 Å². The number of methoxy groups -OCH3 is 2. The third-order valence-corrected chi connectivity index (χ3v) is 7.09. The standard InChI is InChI=1S/C26H31N5O3S/c1-18-6-5-7-23(19(18)2)30-10-12-31(13-11-30)25-26(28-9-8-27-25)35-17-24(32)29-20-14-21(33-3)16-22(15-20)34-4/h5-9,14-16H,10-13,17H2,1-4H3,(H,29,32). The summed E-state index contributed by atoms with van der Waals surface area (Å²) in [6.07, 6.45) is 3.38. The molecular formula is C26H31N5O3S. The van der Waals surface area contributed by atoms with E-state index in [1.165, 1.54) is 28.6 Å². The average Bonchev–Trinajstić information content (AvgIpc) is 2.89. The van der Waals surface area contributed by atoms with Crippen LogP contribution in [0.3, 0.4) is 0 Å². The number of carbonyl (C=O) groups is 1. The number of hydrogen-bond donors (Lipinski definition) is 1. The molecule has 35 heavy (non-hydrogen) atoms. The van der Waals surface area contributed by atoms with E-state index in [1.807, 2.05) is 0 Å². The minimum atomic E-state index is -0.137. The summed E-state index contributed by atoms with van der Waals surface area (Å²) in [5.41, 5.74) is 4.55. The van der Waals surface area contributed by atoms with E-state index < -0.39 is 0 Å².